The van der Waals surface area contributed by atoms with E-state index in [1.54, 1.807) is 20.8 Å². The lowest BCUT2D eigenvalue weighted by atomic mass is 10.1. The zero-order valence-electron chi connectivity index (χ0n) is 18.0. The van der Waals surface area contributed by atoms with Gasteiger partial charge in [-0.25, -0.2) is 9.69 Å². The van der Waals surface area contributed by atoms with E-state index in [0.29, 0.717) is 6.42 Å². The summed E-state index contributed by atoms with van der Waals surface area (Å²) in [7, 11) is 0. The van der Waals surface area contributed by atoms with Gasteiger partial charge in [0.05, 0.1) is 0 Å². The lowest BCUT2D eigenvalue weighted by Crippen LogP contribution is -2.45. The largest absolute Gasteiger partial charge is 0.459 e. The second kappa shape index (κ2) is 12.2. The van der Waals surface area contributed by atoms with Gasteiger partial charge < -0.3 is 15.2 Å². The molecule has 0 spiro atoms. The first kappa shape index (κ1) is 24.6. The van der Waals surface area contributed by atoms with Gasteiger partial charge in [0.2, 0.25) is 5.91 Å². The molecule has 29 heavy (non-hydrogen) atoms. The zero-order chi connectivity index (χ0) is 21.9. The molecular weight excluding hydrogens is 372 g/mol. The van der Waals surface area contributed by atoms with E-state index in [0.717, 1.165) is 29.7 Å². The van der Waals surface area contributed by atoms with Gasteiger partial charge in [0.15, 0.2) is 0 Å². The van der Waals surface area contributed by atoms with Crippen LogP contribution in [0.15, 0.2) is 30.3 Å². The van der Waals surface area contributed by atoms with Gasteiger partial charge in [0.25, 0.3) is 0 Å². The molecule has 2 amide bonds. The summed E-state index contributed by atoms with van der Waals surface area (Å²) >= 11 is 0. The Morgan fingerprint density at radius 1 is 1.10 bits per heavy atom. The normalized spacial score (nSPS) is 12.2. The van der Waals surface area contributed by atoms with Crippen LogP contribution in [0.5, 0.6) is 0 Å². The Morgan fingerprint density at radius 3 is 2.34 bits per heavy atom. The van der Waals surface area contributed by atoms with Crippen LogP contribution in [0.1, 0.15) is 65.4 Å². The molecule has 1 rings (SSSR count). The van der Waals surface area contributed by atoms with Crippen molar-refractivity contribution >= 4 is 18.0 Å². The number of esters is 1. The lowest BCUT2D eigenvalue weighted by Gasteiger charge is -2.26. The molecule has 0 fully saturated rings. The highest BCUT2D eigenvalue weighted by Crippen LogP contribution is 2.13. The third-order valence-electron chi connectivity index (χ3n) is 4.06. The summed E-state index contributed by atoms with van der Waals surface area (Å²) in [6.45, 7) is 6.71. The third kappa shape index (κ3) is 10.6. The predicted molar refractivity (Wildman–Crippen MR) is 111 cm³/mol. The van der Waals surface area contributed by atoms with Gasteiger partial charge in [-0.15, -0.1) is 0 Å². The van der Waals surface area contributed by atoms with Crippen molar-refractivity contribution in [3.8, 4) is 0 Å². The summed E-state index contributed by atoms with van der Waals surface area (Å²) in [4.78, 5) is 38.2. The van der Waals surface area contributed by atoms with E-state index in [1.807, 2.05) is 30.3 Å². The molecular formula is C22H34N2O5. The molecule has 0 saturated heterocycles. The Morgan fingerprint density at radius 2 is 1.76 bits per heavy atom. The highest BCUT2D eigenvalue weighted by atomic mass is 16.6. The standard InChI is InChI=1S/C22H34N2O5/c1-5-6-8-13-18(23)14-19(25)24(21(27)29-22(2,3)4)15-20(26)28-16-17-11-9-7-10-12-17/h7,9-12,18H,5-6,8,13-16,23H2,1-4H3/t18-/m0/s1. The van der Waals surface area contributed by atoms with Crippen molar-refractivity contribution in [2.24, 2.45) is 5.73 Å². The average molecular weight is 407 g/mol. The molecule has 0 bridgehead atoms. The number of benzene rings is 1. The van der Waals surface area contributed by atoms with Crippen molar-refractivity contribution < 1.29 is 23.9 Å². The Balaban J connectivity index is 2.72. The first-order chi connectivity index (χ1) is 13.6. The molecule has 162 valence electrons. The van der Waals surface area contributed by atoms with Gasteiger partial charge in [-0.3, -0.25) is 9.59 Å². The number of ether oxygens (including phenoxy) is 2. The van der Waals surface area contributed by atoms with Gasteiger partial charge >= 0.3 is 12.1 Å². The number of hydrogen-bond donors (Lipinski definition) is 1. The van der Waals surface area contributed by atoms with E-state index in [9.17, 15) is 14.4 Å². The molecule has 0 aliphatic rings. The third-order valence-corrected chi connectivity index (χ3v) is 4.06. The average Bonchev–Trinajstić information content (AvgIpc) is 2.64. The van der Waals surface area contributed by atoms with Crippen LogP contribution in [0.2, 0.25) is 0 Å². The van der Waals surface area contributed by atoms with Crippen molar-refractivity contribution in [3.05, 3.63) is 35.9 Å². The summed E-state index contributed by atoms with van der Waals surface area (Å²) in [5.41, 5.74) is 6.05. The van der Waals surface area contributed by atoms with Crippen LogP contribution in [-0.2, 0) is 25.7 Å². The fraction of sp³-hybridized carbons (Fsp3) is 0.591. The highest BCUT2D eigenvalue weighted by Gasteiger charge is 2.30. The van der Waals surface area contributed by atoms with Gasteiger partial charge in [-0.05, 0) is 32.8 Å². The summed E-state index contributed by atoms with van der Waals surface area (Å²) < 4.78 is 10.5. The van der Waals surface area contributed by atoms with Crippen molar-refractivity contribution in [1.82, 2.24) is 4.90 Å². The van der Waals surface area contributed by atoms with Crippen LogP contribution in [0, 0.1) is 0 Å². The van der Waals surface area contributed by atoms with Crippen molar-refractivity contribution in [1.29, 1.82) is 0 Å². The Hall–Kier alpha value is -2.41. The van der Waals surface area contributed by atoms with E-state index in [-0.39, 0.29) is 19.1 Å². The van der Waals surface area contributed by atoms with E-state index < -0.39 is 30.1 Å². The van der Waals surface area contributed by atoms with Crippen LogP contribution in [0.4, 0.5) is 4.79 Å². The first-order valence-corrected chi connectivity index (χ1v) is 10.1. The van der Waals surface area contributed by atoms with Crippen molar-refractivity contribution in [3.63, 3.8) is 0 Å². The Labute approximate surface area is 173 Å². The molecule has 7 nitrogen and oxygen atoms in total. The monoisotopic (exact) mass is 406 g/mol. The number of amides is 2. The summed E-state index contributed by atoms with van der Waals surface area (Å²) in [5, 5.41) is 0. The second-order valence-electron chi connectivity index (χ2n) is 8.07. The molecule has 0 aliphatic carbocycles. The summed E-state index contributed by atoms with van der Waals surface area (Å²) in [6, 6.07) is 8.79. The molecule has 1 atom stereocenters. The minimum absolute atomic E-state index is 0.0328. The number of hydrogen-bond acceptors (Lipinski definition) is 6. The Kier molecular flexibility index (Phi) is 10.4. The van der Waals surface area contributed by atoms with Gasteiger partial charge in [-0.1, -0.05) is 56.5 Å². The molecule has 0 saturated carbocycles. The molecule has 0 radical (unpaired) electrons. The molecule has 0 aliphatic heterocycles. The van der Waals surface area contributed by atoms with Crippen LogP contribution < -0.4 is 5.73 Å². The van der Waals surface area contributed by atoms with Crippen molar-refractivity contribution in [2.75, 3.05) is 6.54 Å². The highest BCUT2D eigenvalue weighted by molar-refractivity contribution is 5.95. The SMILES string of the molecule is CCCCC[C@H](N)CC(=O)N(CC(=O)OCc1ccccc1)C(=O)OC(C)(C)C. The zero-order valence-corrected chi connectivity index (χ0v) is 18.0. The van der Waals surface area contributed by atoms with E-state index >= 15 is 0 Å². The number of unbranched alkanes of at least 4 members (excludes halogenated alkanes) is 2. The lowest BCUT2D eigenvalue weighted by molar-refractivity contribution is -0.150. The molecule has 1 aromatic carbocycles. The van der Waals surface area contributed by atoms with Gasteiger partial charge in [0.1, 0.15) is 18.8 Å². The minimum Gasteiger partial charge on any atom is -0.459 e. The number of rotatable bonds is 10. The number of carbonyl (C=O) groups is 3. The van der Waals surface area contributed by atoms with Crippen molar-refractivity contribution in [2.45, 2.75) is 78.0 Å². The maximum Gasteiger partial charge on any atom is 0.417 e. The van der Waals surface area contributed by atoms with Crippen LogP contribution >= 0.6 is 0 Å². The van der Waals surface area contributed by atoms with Gasteiger partial charge in [0, 0.05) is 12.5 Å². The molecule has 2 N–H and O–H groups in total. The molecule has 1 aromatic rings. The maximum atomic E-state index is 12.7. The second-order valence-corrected chi connectivity index (χ2v) is 8.07. The van der Waals surface area contributed by atoms with Crippen LogP contribution in [-0.4, -0.2) is 41.1 Å². The fourth-order valence-corrected chi connectivity index (χ4v) is 2.58. The van der Waals surface area contributed by atoms with E-state index in [1.165, 1.54) is 0 Å². The fourth-order valence-electron chi connectivity index (χ4n) is 2.58. The molecule has 7 heteroatoms. The topological polar surface area (TPSA) is 98.9 Å². The number of carbonyl (C=O) groups excluding carboxylic acids is 3. The number of imide groups is 1. The van der Waals surface area contributed by atoms with E-state index in [4.69, 9.17) is 15.2 Å². The smallest absolute Gasteiger partial charge is 0.417 e. The maximum absolute atomic E-state index is 12.7. The number of nitrogens with zero attached hydrogens (tertiary/aromatic N) is 1. The summed E-state index contributed by atoms with van der Waals surface area (Å²) in [6.07, 6.45) is 2.77. The minimum atomic E-state index is -0.875. The summed E-state index contributed by atoms with van der Waals surface area (Å²) in [5.74, 6) is -1.23. The van der Waals surface area contributed by atoms with Crippen LogP contribution in [0.25, 0.3) is 0 Å². The molecule has 0 unspecified atom stereocenters. The quantitative estimate of drug-likeness (QED) is 0.469. The number of nitrogens with two attached hydrogens (primary N) is 1. The van der Waals surface area contributed by atoms with Gasteiger partial charge in [-0.2, -0.15) is 0 Å². The van der Waals surface area contributed by atoms with E-state index in [2.05, 4.69) is 6.92 Å². The first-order valence-electron chi connectivity index (χ1n) is 10.1. The molecule has 0 aromatic heterocycles. The predicted octanol–water partition coefficient (Wildman–Crippen LogP) is 3.79. The Bertz CT molecular complexity index is 655. The van der Waals surface area contributed by atoms with Crippen LogP contribution in [0.3, 0.4) is 0 Å². The molecule has 0 heterocycles.